The van der Waals surface area contributed by atoms with Crippen LogP contribution in [0.15, 0.2) is 36.4 Å². The largest absolute Gasteiger partial charge is 0.454 e. The molecule has 164 valence electrons. The summed E-state index contributed by atoms with van der Waals surface area (Å²) in [6.07, 6.45) is 5.76. The number of imide groups is 1. The van der Waals surface area contributed by atoms with E-state index in [9.17, 15) is 19.2 Å². The summed E-state index contributed by atoms with van der Waals surface area (Å²) < 4.78 is 5.23. The van der Waals surface area contributed by atoms with E-state index in [0.29, 0.717) is 5.69 Å². The highest BCUT2D eigenvalue weighted by Crippen LogP contribution is 2.53. The minimum atomic E-state index is -1.03. The molecule has 3 amide bonds. The number of anilines is 1. The standard InChI is InChI=1S/C24H28N2O5/c1-4-14-5-9-17(10-6-14)25-18(27)12-31-24(30)21(13(2)3)26-22(28)19-15-7-8-16(11-15)20(19)23(26)29/h5-10,13,15-16,19-21H,4,11-12H2,1-3H3,(H,25,27)/t15-,16-,19+,20+,21-/m0/s1. The van der Waals surface area contributed by atoms with Gasteiger partial charge in [0, 0.05) is 5.69 Å². The van der Waals surface area contributed by atoms with E-state index in [4.69, 9.17) is 4.74 Å². The number of amides is 3. The Kier molecular flexibility index (Phi) is 5.69. The van der Waals surface area contributed by atoms with Gasteiger partial charge in [-0.2, -0.15) is 0 Å². The number of hydrogen-bond acceptors (Lipinski definition) is 5. The second-order valence-electron chi connectivity index (χ2n) is 8.94. The number of carbonyl (C=O) groups is 4. The highest BCUT2D eigenvalue weighted by molar-refractivity contribution is 6.09. The molecule has 2 bridgehead atoms. The van der Waals surface area contributed by atoms with Gasteiger partial charge in [0.25, 0.3) is 5.91 Å². The monoisotopic (exact) mass is 424 g/mol. The summed E-state index contributed by atoms with van der Waals surface area (Å²) >= 11 is 0. The molecule has 5 atom stereocenters. The van der Waals surface area contributed by atoms with Crippen LogP contribution in [0.25, 0.3) is 0 Å². The van der Waals surface area contributed by atoms with E-state index in [1.165, 1.54) is 0 Å². The van der Waals surface area contributed by atoms with Gasteiger partial charge in [-0.1, -0.05) is 45.1 Å². The molecule has 1 saturated carbocycles. The number of fused-ring (bicyclic) bond motifs is 5. The Labute approximate surface area is 181 Å². The van der Waals surface area contributed by atoms with Gasteiger partial charge in [0.05, 0.1) is 11.8 Å². The molecule has 3 aliphatic rings. The normalized spacial score (nSPS) is 27.0. The summed E-state index contributed by atoms with van der Waals surface area (Å²) in [6.45, 7) is 5.10. The number of carbonyl (C=O) groups excluding carboxylic acids is 4. The van der Waals surface area contributed by atoms with Crippen LogP contribution in [0.3, 0.4) is 0 Å². The Bertz CT molecular complexity index is 906. The van der Waals surface area contributed by atoms with Crippen molar-refractivity contribution in [3.05, 3.63) is 42.0 Å². The quantitative estimate of drug-likeness (QED) is 0.413. The Hall–Kier alpha value is -2.96. The zero-order valence-electron chi connectivity index (χ0n) is 18.0. The molecular weight excluding hydrogens is 396 g/mol. The van der Waals surface area contributed by atoms with E-state index in [1.54, 1.807) is 26.0 Å². The van der Waals surface area contributed by atoms with Gasteiger partial charge >= 0.3 is 5.97 Å². The van der Waals surface area contributed by atoms with Crippen LogP contribution in [0.5, 0.6) is 0 Å². The number of esters is 1. The molecule has 0 unspecified atom stereocenters. The molecule has 2 aliphatic carbocycles. The first-order chi connectivity index (χ1) is 14.8. The number of benzene rings is 1. The van der Waals surface area contributed by atoms with Gasteiger partial charge in [0.15, 0.2) is 6.61 Å². The molecule has 0 spiro atoms. The van der Waals surface area contributed by atoms with Crippen molar-refractivity contribution in [3.8, 4) is 0 Å². The van der Waals surface area contributed by atoms with E-state index in [1.807, 2.05) is 31.2 Å². The maximum absolute atomic E-state index is 13.1. The first-order valence-corrected chi connectivity index (χ1v) is 10.9. The summed E-state index contributed by atoms with van der Waals surface area (Å²) in [5.74, 6) is -2.70. The van der Waals surface area contributed by atoms with E-state index in [2.05, 4.69) is 5.32 Å². The number of nitrogens with one attached hydrogen (secondary N) is 1. The van der Waals surface area contributed by atoms with Gasteiger partial charge in [-0.25, -0.2) is 4.79 Å². The predicted octanol–water partition coefficient (Wildman–Crippen LogP) is 2.56. The van der Waals surface area contributed by atoms with Gasteiger partial charge in [-0.15, -0.1) is 0 Å². The number of rotatable bonds is 7. The number of hydrogen-bond donors (Lipinski definition) is 1. The number of nitrogens with zero attached hydrogens (tertiary/aromatic N) is 1. The van der Waals surface area contributed by atoms with Crippen LogP contribution in [0.1, 0.15) is 32.8 Å². The van der Waals surface area contributed by atoms with Crippen molar-refractivity contribution in [3.63, 3.8) is 0 Å². The number of ether oxygens (including phenoxy) is 1. The van der Waals surface area contributed by atoms with Crippen LogP contribution in [0.4, 0.5) is 5.69 Å². The van der Waals surface area contributed by atoms with E-state index >= 15 is 0 Å². The number of aryl methyl sites for hydroxylation is 1. The zero-order valence-corrected chi connectivity index (χ0v) is 18.0. The van der Waals surface area contributed by atoms with Crippen LogP contribution in [0.2, 0.25) is 0 Å². The molecule has 1 saturated heterocycles. The number of allylic oxidation sites excluding steroid dienone is 2. The number of likely N-dealkylation sites (tertiary alicyclic amines) is 1. The average Bonchev–Trinajstić information content (AvgIpc) is 3.42. The van der Waals surface area contributed by atoms with Crippen molar-refractivity contribution >= 4 is 29.4 Å². The first-order valence-electron chi connectivity index (χ1n) is 10.9. The molecule has 0 radical (unpaired) electrons. The third-order valence-corrected chi connectivity index (χ3v) is 6.65. The van der Waals surface area contributed by atoms with E-state index in [-0.39, 0.29) is 41.4 Å². The first kappa shape index (κ1) is 21.3. The maximum atomic E-state index is 13.1. The Morgan fingerprint density at radius 3 is 2.16 bits per heavy atom. The summed E-state index contributed by atoms with van der Waals surface area (Å²) in [6, 6.07) is 6.39. The second-order valence-corrected chi connectivity index (χ2v) is 8.94. The molecule has 31 heavy (non-hydrogen) atoms. The molecule has 1 aromatic rings. The van der Waals surface area contributed by atoms with Crippen molar-refractivity contribution < 1.29 is 23.9 Å². The lowest BCUT2D eigenvalue weighted by molar-refractivity contribution is -0.162. The Morgan fingerprint density at radius 1 is 1.06 bits per heavy atom. The molecule has 1 heterocycles. The van der Waals surface area contributed by atoms with Crippen LogP contribution < -0.4 is 5.32 Å². The van der Waals surface area contributed by atoms with Gasteiger partial charge in [0.2, 0.25) is 11.8 Å². The maximum Gasteiger partial charge on any atom is 0.330 e. The third-order valence-electron chi connectivity index (χ3n) is 6.65. The molecule has 4 rings (SSSR count). The molecule has 2 fully saturated rings. The van der Waals surface area contributed by atoms with Crippen LogP contribution in [0, 0.1) is 29.6 Å². The molecule has 0 aromatic heterocycles. The van der Waals surface area contributed by atoms with Crippen LogP contribution in [-0.4, -0.2) is 41.2 Å². The van der Waals surface area contributed by atoms with Gasteiger partial charge in [-0.05, 0) is 48.3 Å². The summed E-state index contributed by atoms with van der Waals surface area (Å²) in [5, 5.41) is 2.68. The SMILES string of the molecule is CCc1ccc(NC(=O)COC(=O)[C@H](C(C)C)N2C(=O)[C@H]3[C@H](C2=O)[C@H]2C=C[C@H]3C2)cc1. The highest BCUT2D eigenvalue weighted by atomic mass is 16.5. The fourth-order valence-electron chi connectivity index (χ4n) is 5.12. The van der Waals surface area contributed by atoms with Crippen molar-refractivity contribution in [2.45, 2.75) is 39.7 Å². The lowest BCUT2D eigenvalue weighted by Gasteiger charge is -2.28. The lowest BCUT2D eigenvalue weighted by Crippen LogP contribution is -2.50. The lowest BCUT2D eigenvalue weighted by atomic mass is 9.85. The Morgan fingerprint density at radius 2 is 1.65 bits per heavy atom. The summed E-state index contributed by atoms with van der Waals surface area (Å²) in [5.41, 5.74) is 1.76. The minimum absolute atomic E-state index is 0.0742. The van der Waals surface area contributed by atoms with Crippen molar-refractivity contribution in [1.29, 1.82) is 0 Å². The molecule has 7 nitrogen and oxygen atoms in total. The molecule has 1 aliphatic heterocycles. The van der Waals surface area contributed by atoms with Crippen LogP contribution >= 0.6 is 0 Å². The molecular formula is C24H28N2O5. The molecule has 7 heteroatoms. The van der Waals surface area contributed by atoms with Crippen LogP contribution in [-0.2, 0) is 30.3 Å². The minimum Gasteiger partial charge on any atom is -0.454 e. The summed E-state index contributed by atoms with van der Waals surface area (Å²) in [4.78, 5) is 52.3. The van der Waals surface area contributed by atoms with Crippen molar-refractivity contribution in [2.24, 2.45) is 29.6 Å². The van der Waals surface area contributed by atoms with Gasteiger partial charge in [0.1, 0.15) is 6.04 Å². The molecule has 1 aromatic carbocycles. The Balaban J connectivity index is 1.39. The van der Waals surface area contributed by atoms with Gasteiger partial charge in [-0.3, -0.25) is 19.3 Å². The van der Waals surface area contributed by atoms with Crippen molar-refractivity contribution in [1.82, 2.24) is 4.90 Å². The highest BCUT2D eigenvalue weighted by Gasteiger charge is 2.61. The average molecular weight is 424 g/mol. The zero-order chi connectivity index (χ0) is 22.3. The second kappa shape index (κ2) is 8.29. The van der Waals surface area contributed by atoms with Gasteiger partial charge < -0.3 is 10.1 Å². The fraction of sp³-hybridized carbons (Fsp3) is 0.500. The summed E-state index contributed by atoms with van der Waals surface area (Å²) in [7, 11) is 0. The predicted molar refractivity (Wildman–Crippen MR) is 114 cm³/mol. The topological polar surface area (TPSA) is 92.8 Å². The van der Waals surface area contributed by atoms with Crippen molar-refractivity contribution in [2.75, 3.05) is 11.9 Å². The molecule has 1 N–H and O–H groups in total. The smallest absolute Gasteiger partial charge is 0.330 e. The fourth-order valence-corrected chi connectivity index (χ4v) is 5.12. The third kappa shape index (κ3) is 3.77. The van der Waals surface area contributed by atoms with E-state index in [0.717, 1.165) is 23.3 Å². The van der Waals surface area contributed by atoms with E-state index < -0.39 is 24.5 Å².